The Hall–Kier alpha value is -1.08. The molecule has 7 heteroatoms. The van der Waals surface area contributed by atoms with Crippen LogP contribution in [0.3, 0.4) is 0 Å². The molecule has 0 bridgehead atoms. The Morgan fingerprint density at radius 1 is 1.52 bits per heavy atom. The second-order valence-corrected chi connectivity index (χ2v) is 5.71. The summed E-state index contributed by atoms with van der Waals surface area (Å²) < 4.78 is 38.9. The first-order chi connectivity index (χ1) is 9.91. The van der Waals surface area contributed by atoms with Gasteiger partial charge in [-0.1, -0.05) is 13.3 Å². The SMILES string of the molecule is CCNC1(CO)CCCC1CCn1cc(C(F)(F)F)cn1. The number of nitrogens with zero attached hydrogens (tertiary/aromatic N) is 2. The lowest BCUT2D eigenvalue weighted by Crippen LogP contribution is -2.51. The molecule has 4 nitrogen and oxygen atoms in total. The maximum absolute atomic E-state index is 12.5. The van der Waals surface area contributed by atoms with E-state index in [-0.39, 0.29) is 18.1 Å². The molecular formula is C14H22F3N3O. The van der Waals surface area contributed by atoms with Crippen molar-refractivity contribution in [1.82, 2.24) is 15.1 Å². The van der Waals surface area contributed by atoms with Gasteiger partial charge >= 0.3 is 6.18 Å². The smallest absolute Gasteiger partial charge is 0.394 e. The van der Waals surface area contributed by atoms with Gasteiger partial charge in [-0.3, -0.25) is 4.68 Å². The van der Waals surface area contributed by atoms with Crippen LogP contribution < -0.4 is 5.32 Å². The summed E-state index contributed by atoms with van der Waals surface area (Å²) in [5, 5.41) is 16.8. The fourth-order valence-electron chi connectivity index (χ4n) is 3.33. The van der Waals surface area contributed by atoms with E-state index >= 15 is 0 Å². The van der Waals surface area contributed by atoms with Gasteiger partial charge in [-0.15, -0.1) is 0 Å². The van der Waals surface area contributed by atoms with E-state index in [1.807, 2.05) is 6.92 Å². The molecule has 0 spiro atoms. The van der Waals surface area contributed by atoms with Crippen molar-refractivity contribution in [2.45, 2.75) is 50.9 Å². The van der Waals surface area contributed by atoms with Crippen LogP contribution in [0.4, 0.5) is 13.2 Å². The van der Waals surface area contributed by atoms with Crippen LogP contribution >= 0.6 is 0 Å². The van der Waals surface area contributed by atoms with Crippen molar-refractivity contribution in [2.75, 3.05) is 13.2 Å². The molecule has 2 atom stereocenters. The zero-order valence-corrected chi connectivity index (χ0v) is 12.2. The molecule has 0 aliphatic heterocycles. The highest BCUT2D eigenvalue weighted by Crippen LogP contribution is 2.38. The Labute approximate surface area is 122 Å². The minimum Gasteiger partial charge on any atom is -0.394 e. The largest absolute Gasteiger partial charge is 0.419 e. The average Bonchev–Trinajstić information content (AvgIpc) is 3.03. The highest BCUT2D eigenvalue weighted by molar-refractivity contribution is 5.08. The fourth-order valence-corrected chi connectivity index (χ4v) is 3.33. The summed E-state index contributed by atoms with van der Waals surface area (Å²) in [5.74, 6) is 0.265. The van der Waals surface area contributed by atoms with Crippen molar-refractivity contribution in [2.24, 2.45) is 5.92 Å². The second-order valence-electron chi connectivity index (χ2n) is 5.71. The van der Waals surface area contributed by atoms with Crippen LogP contribution in [0.2, 0.25) is 0 Å². The zero-order chi connectivity index (χ0) is 15.5. The Morgan fingerprint density at radius 3 is 2.86 bits per heavy atom. The molecule has 120 valence electrons. The molecule has 1 heterocycles. The highest BCUT2D eigenvalue weighted by atomic mass is 19.4. The summed E-state index contributed by atoms with van der Waals surface area (Å²) in [6.45, 7) is 3.28. The van der Waals surface area contributed by atoms with Crippen molar-refractivity contribution in [3.63, 3.8) is 0 Å². The molecular weight excluding hydrogens is 283 g/mol. The molecule has 2 unspecified atom stereocenters. The number of halogens is 3. The number of nitrogens with one attached hydrogen (secondary N) is 1. The normalized spacial score (nSPS) is 26.4. The molecule has 0 aromatic carbocycles. The third-order valence-electron chi connectivity index (χ3n) is 4.44. The molecule has 2 rings (SSSR count). The lowest BCUT2D eigenvalue weighted by molar-refractivity contribution is -0.137. The number of aliphatic hydroxyl groups is 1. The first-order valence-electron chi connectivity index (χ1n) is 7.37. The van der Waals surface area contributed by atoms with Crippen molar-refractivity contribution in [3.8, 4) is 0 Å². The summed E-state index contributed by atoms with van der Waals surface area (Å²) in [6.07, 6.45) is 1.21. The molecule has 1 aromatic heterocycles. The quantitative estimate of drug-likeness (QED) is 0.849. The van der Waals surface area contributed by atoms with E-state index in [2.05, 4.69) is 10.4 Å². The summed E-state index contributed by atoms with van der Waals surface area (Å²) in [7, 11) is 0. The maximum Gasteiger partial charge on any atom is 0.419 e. The Morgan fingerprint density at radius 2 is 2.29 bits per heavy atom. The number of likely N-dealkylation sites (N-methyl/N-ethyl adjacent to an activating group) is 1. The van der Waals surface area contributed by atoms with Crippen LogP contribution in [0.15, 0.2) is 12.4 Å². The Balaban J connectivity index is 1.97. The molecule has 1 saturated carbocycles. The first-order valence-corrected chi connectivity index (χ1v) is 7.37. The third-order valence-corrected chi connectivity index (χ3v) is 4.44. The third kappa shape index (κ3) is 3.58. The molecule has 0 amide bonds. The van der Waals surface area contributed by atoms with Crippen LogP contribution in [0.5, 0.6) is 0 Å². The van der Waals surface area contributed by atoms with Crippen molar-refractivity contribution >= 4 is 0 Å². The number of hydrogen-bond donors (Lipinski definition) is 2. The molecule has 1 fully saturated rings. The lowest BCUT2D eigenvalue weighted by Gasteiger charge is -2.35. The number of aryl methyl sites for hydroxylation is 1. The van der Waals surface area contributed by atoms with Crippen LogP contribution in [-0.2, 0) is 12.7 Å². The first kappa shape index (κ1) is 16.3. The van der Waals surface area contributed by atoms with Gasteiger partial charge in [0.25, 0.3) is 0 Å². The van der Waals surface area contributed by atoms with E-state index in [9.17, 15) is 18.3 Å². The summed E-state index contributed by atoms with van der Waals surface area (Å²) >= 11 is 0. The predicted octanol–water partition coefficient (Wildman–Crippen LogP) is 2.43. The van der Waals surface area contributed by atoms with Crippen molar-refractivity contribution in [3.05, 3.63) is 18.0 Å². The minimum atomic E-state index is -4.34. The van der Waals surface area contributed by atoms with Gasteiger partial charge in [0.2, 0.25) is 0 Å². The van der Waals surface area contributed by atoms with Crippen LogP contribution in [-0.4, -0.2) is 33.6 Å². The van der Waals surface area contributed by atoms with E-state index in [4.69, 9.17) is 0 Å². The van der Waals surface area contributed by atoms with E-state index < -0.39 is 11.7 Å². The highest BCUT2D eigenvalue weighted by Gasteiger charge is 2.41. The van der Waals surface area contributed by atoms with Gasteiger partial charge in [0.05, 0.1) is 18.4 Å². The number of rotatable bonds is 6. The standard InChI is InChI=1S/C14H22F3N3O/c1-2-18-13(10-21)6-3-4-11(13)5-7-20-9-12(8-19-20)14(15,16)17/h8-9,11,18,21H,2-7,10H2,1H3. The van der Waals surface area contributed by atoms with Crippen molar-refractivity contribution in [1.29, 1.82) is 0 Å². The number of alkyl halides is 3. The Bertz CT molecular complexity index is 461. The van der Waals surface area contributed by atoms with Gasteiger partial charge in [0.15, 0.2) is 0 Å². The molecule has 21 heavy (non-hydrogen) atoms. The fraction of sp³-hybridized carbons (Fsp3) is 0.786. The van der Waals surface area contributed by atoms with Crippen LogP contribution in [0, 0.1) is 5.92 Å². The molecule has 2 N–H and O–H groups in total. The summed E-state index contributed by atoms with van der Waals surface area (Å²) in [6, 6.07) is 0. The van der Waals surface area contributed by atoms with Gasteiger partial charge < -0.3 is 10.4 Å². The predicted molar refractivity (Wildman–Crippen MR) is 72.7 cm³/mol. The summed E-state index contributed by atoms with van der Waals surface area (Å²) in [4.78, 5) is 0. The van der Waals surface area contributed by atoms with Gasteiger partial charge in [-0.25, -0.2) is 0 Å². The molecule has 0 saturated heterocycles. The molecule has 1 aromatic rings. The topological polar surface area (TPSA) is 50.1 Å². The van der Waals surface area contributed by atoms with Crippen LogP contribution in [0.25, 0.3) is 0 Å². The van der Waals surface area contributed by atoms with E-state index in [0.717, 1.165) is 38.2 Å². The lowest BCUT2D eigenvalue weighted by atomic mass is 9.85. The van der Waals surface area contributed by atoms with Gasteiger partial charge in [0, 0.05) is 18.3 Å². The minimum absolute atomic E-state index is 0.0679. The number of hydrogen-bond acceptors (Lipinski definition) is 3. The van der Waals surface area contributed by atoms with Gasteiger partial charge in [-0.2, -0.15) is 18.3 Å². The zero-order valence-electron chi connectivity index (χ0n) is 12.2. The summed E-state index contributed by atoms with van der Waals surface area (Å²) in [5.41, 5.74) is -0.997. The number of aromatic nitrogens is 2. The average molecular weight is 305 g/mol. The number of aliphatic hydroxyl groups excluding tert-OH is 1. The molecule has 0 radical (unpaired) electrons. The van der Waals surface area contributed by atoms with E-state index in [1.54, 1.807) is 0 Å². The van der Waals surface area contributed by atoms with Gasteiger partial charge in [-0.05, 0) is 31.7 Å². The molecule has 1 aliphatic carbocycles. The van der Waals surface area contributed by atoms with Crippen LogP contribution in [0.1, 0.15) is 38.2 Å². The maximum atomic E-state index is 12.5. The Kier molecular flexibility index (Phi) is 4.93. The van der Waals surface area contributed by atoms with E-state index in [0.29, 0.717) is 13.0 Å². The van der Waals surface area contributed by atoms with Gasteiger partial charge in [0.1, 0.15) is 0 Å². The second kappa shape index (κ2) is 6.36. The molecule has 1 aliphatic rings. The monoisotopic (exact) mass is 305 g/mol. The van der Waals surface area contributed by atoms with Crippen molar-refractivity contribution < 1.29 is 18.3 Å². The van der Waals surface area contributed by atoms with E-state index in [1.165, 1.54) is 4.68 Å².